The Morgan fingerprint density at radius 2 is 1.63 bits per heavy atom. The summed E-state index contributed by atoms with van der Waals surface area (Å²) in [5.41, 5.74) is 1.80. The second-order valence-electron chi connectivity index (χ2n) is 6.74. The quantitative estimate of drug-likeness (QED) is 0.473. The minimum absolute atomic E-state index is 0.0428. The summed E-state index contributed by atoms with van der Waals surface area (Å²) in [6, 6.07) is 17.5. The van der Waals surface area contributed by atoms with Crippen LogP contribution in [-0.4, -0.2) is 23.5 Å². The Balaban J connectivity index is 1.87. The minimum atomic E-state index is -4.01. The molecule has 0 aliphatic carbocycles. The van der Waals surface area contributed by atoms with Crippen molar-refractivity contribution in [2.75, 3.05) is 0 Å². The van der Waals surface area contributed by atoms with Crippen molar-refractivity contribution in [2.24, 2.45) is 0 Å². The Kier molecular flexibility index (Phi) is 5.09. The van der Waals surface area contributed by atoms with Crippen LogP contribution in [0.2, 0.25) is 5.02 Å². The number of hydrogen-bond acceptors (Lipinski definition) is 3. The van der Waals surface area contributed by atoms with Crippen molar-refractivity contribution in [3.8, 4) is 0 Å². The van der Waals surface area contributed by atoms with Gasteiger partial charge in [0.25, 0.3) is 10.0 Å². The molecule has 0 aliphatic heterocycles. The maximum atomic E-state index is 13.4. The van der Waals surface area contributed by atoms with E-state index in [1.54, 1.807) is 36.4 Å². The Labute approximate surface area is 177 Å². The van der Waals surface area contributed by atoms with E-state index in [1.165, 1.54) is 28.2 Å². The van der Waals surface area contributed by atoms with Crippen molar-refractivity contribution >= 4 is 38.5 Å². The van der Waals surface area contributed by atoms with Gasteiger partial charge in [-0.15, -0.1) is 0 Å². The van der Waals surface area contributed by atoms with Gasteiger partial charge in [0.05, 0.1) is 16.0 Å². The van der Waals surface area contributed by atoms with Gasteiger partial charge in [0, 0.05) is 22.5 Å². The van der Waals surface area contributed by atoms with Gasteiger partial charge in [-0.25, -0.2) is 21.6 Å². The summed E-state index contributed by atoms with van der Waals surface area (Å²) >= 11 is 6.08. The van der Waals surface area contributed by atoms with Crippen molar-refractivity contribution in [2.45, 2.75) is 11.3 Å². The van der Waals surface area contributed by atoms with Gasteiger partial charge >= 0.3 is 5.97 Å². The van der Waals surface area contributed by atoms with Gasteiger partial charge in [-0.05, 0) is 66.2 Å². The van der Waals surface area contributed by atoms with Crippen LogP contribution in [0.1, 0.15) is 21.6 Å². The smallest absolute Gasteiger partial charge is 0.335 e. The van der Waals surface area contributed by atoms with Gasteiger partial charge in [-0.3, -0.25) is 0 Å². The van der Waals surface area contributed by atoms with Crippen molar-refractivity contribution in [3.63, 3.8) is 0 Å². The van der Waals surface area contributed by atoms with Crippen LogP contribution in [0.3, 0.4) is 0 Å². The first-order valence-corrected chi connectivity index (χ1v) is 10.7. The highest BCUT2D eigenvalue weighted by molar-refractivity contribution is 7.90. The molecule has 0 aliphatic rings. The SMILES string of the molecule is O=C(O)c1ccc(Cc2cc3cc(Cl)ccc3n2S(=O)(=O)c2ccc(F)cc2)cc1. The zero-order chi connectivity index (χ0) is 21.5. The summed E-state index contributed by atoms with van der Waals surface area (Å²) in [5, 5.41) is 10.2. The Hall–Kier alpha value is -3.16. The monoisotopic (exact) mass is 443 g/mol. The van der Waals surface area contributed by atoms with Gasteiger partial charge in [-0.1, -0.05) is 23.7 Å². The Morgan fingerprint density at radius 1 is 0.967 bits per heavy atom. The normalized spacial score (nSPS) is 11.7. The van der Waals surface area contributed by atoms with Crippen LogP contribution in [0.4, 0.5) is 4.39 Å². The average molecular weight is 444 g/mol. The second-order valence-corrected chi connectivity index (χ2v) is 8.96. The van der Waals surface area contributed by atoms with Gasteiger partial charge in [0.1, 0.15) is 5.82 Å². The number of aromatic carboxylic acids is 1. The molecule has 0 atom stereocenters. The number of carbonyl (C=O) groups is 1. The molecule has 0 amide bonds. The van der Waals surface area contributed by atoms with Crippen LogP contribution in [-0.2, 0) is 16.4 Å². The highest BCUT2D eigenvalue weighted by Gasteiger charge is 2.23. The van der Waals surface area contributed by atoms with E-state index in [1.807, 2.05) is 0 Å². The van der Waals surface area contributed by atoms with E-state index >= 15 is 0 Å². The van der Waals surface area contributed by atoms with Gasteiger partial charge in [-0.2, -0.15) is 0 Å². The fraction of sp³-hybridized carbons (Fsp3) is 0.0455. The number of carboxylic acid groups (broad SMARTS) is 1. The number of rotatable bonds is 5. The number of aromatic nitrogens is 1. The molecule has 1 N–H and O–H groups in total. The molecule has 4 rings (SSSR count). The van der Waals surface area contributed by atoms with Crippen molar-refractivity contribution in [1.29, 1.82) is 0 Å². The molecule has 1 heterocycles. The fourth-order valence-electron chi connectivity index (χ4n) is 3.31. The second kappa shape index (κ2) is 7.59. The standard InChI is InChI=1S/C22H15ClFNO4S/c23-17-5-10-21-16(12-17)13-19(11-14-1-3-15(4-2-14)22(26)27)25(21)30(28,29)20-8-6-18(24)7-9-20/h1-10,12-13H,11H2,(H,26,27). The third-order valence-electron chi connectivity index (χ3n) is 4.73. The molecule has 0 bridgehead atoms. The lowest BCUT2D eigenvalue weighted by atomic mass is 10.1. The molecule has 0 saturated carbocycles. The summed E-state index contributed by atoms with van der Waals surface area (Å²) < 4.78 is 41.3. The highest BCUT2D eigenvalue weighted by atomic mass is 35.5. The van der Waals surface area contributed by atoms with E-state index in [-0.39, 0.29) is 16.9 Å². The molecule has 1 aromatic heterocycles. The van der Waals surface area contributed by atoms with Gasteiger partial charge in [0.15, 0.2) is 0 Å². The first kappa shape index (κ1) is 20.1. The summed E-state index contributed by atoms with van der Waals surface area (Å²) in [5.74, 6) is -1.57. The fourth-order valence-corrected chi connectivity index (χ4v) is 5.03. The molecule has 3 aromatic carbocycles. The van der Waals surface area contributed by atoms with Crippen molar-refractivity contribution in [1.82, 2.24) is 3.97 Å². The Bertz CT molecular complexity index is 1360. The molecule has 30 heavy (non-hydrogen) atoms. The van der Waals surface area contributed by atoms with Crippen LogP contribution in [0.25, 0.3) is 10.9 Å². The number of fused-ring (bicyclic) bond motifs is 1. The lowest BCUT2D eigenvalue weighted by molar-refractivity contribution is 0.0697. The maximum Gasteiger partial charge on any atom is 0.335 e. The first-order chi connectivity index (χ1) is 14.3. The molecule has 0 unspecified atom stereocenters. The van der Waals surface area contributed by atoms with E-state index in [0.29, 0.717) is 21.6 Å². The summed E-state index contributed by atoms with van der Waals surface area (Å²) in [7, 11) is -4.01. The summed E-state index contributed by atoms with van der Waals surface area (Å²) in [6.07, 6.45) is 0.243. The highest BCUT2D eigenvalue weighted by Crippen LogP contribution is 2.29. The molecule has 0 radical (unpaired) electrons. The van der Waals surface area contributed by atoms with Crippen LogP contribution in [0.5, 0.6) is 0 Å². The largest absolute Gasteiger partial charge is 0.478 e. The molecular formula is C22H15ClFNO4S. The third-order valence-corrected chi connectivity index (χ3v) is 6.74. The third kappa shape index (κ3) is 3.69. The van der Waals surface area contributed by atoms with E-state index in [0.717, 1.165) is 17.7 Å². The minimum Gasteiger partial charge on any atom is -0.478 e. The predicted molar refractivity (Wildman–Crippen MR) is 112 cm³/mol. The summed E-state index contributed by atoms with van der Waals surface area (Å²) in [6.45, 7) is 0. The Morgan fingerprint density at radius 3 is 2.27 bits per heavy atom. The molecule has 0 saturated heterocycles. The lowest BCUT2D eigenvalue weighted by Crippen LogP contribution is -2.16. The first-order valence-electron chi connectivity index (χ1n) is 8.89. The van der Waals surface area contributed by atoms with E-state index in [9.17, 15) is 17.6 Å². The number of carboxylic acids is 1. The van der Waals surface area contributed by atoms with Crippen LogP contribution >= 0.6 is 11.6 Å². The van der Waals surface area contributed by atoms with Crippen LogP contribution < -0.4 is 0 Å². The molecular weight excluding hydrogens is 429 g/mol. The molecule has 0 spiro atoms. The number of nitrogens with zero attached hydrogens (tertiary/aromatic N) is 1. The van der Waals surface area contributed by atoms with Gasteiger partial charge < -0.3 is 5.11 Å². The van der Waals surface area contributed by atoms with Crippen molar-refractivity contribution in [3.05, 3.63) is 100 Å². The lowest BCUT2D eigenvalue weighted by Gasteiger charge is -2.12. The number of hydrogen-bond donors (Lipinski definition) is 1. The molecule has 4 aromatic rings. The van der Waals surface area contributed by atoms with Gasteiger partial charge in [0.2, 0.25) is 0 Å². The average Bonchev–Trinajstić information content (AvgIpc) is 3.06. The van der Waals surface area contributed by atoms with E-state index < -0.39 is 21.8 Å². The van der Waals surface area contributed by atoms with E-state index in [2.05, 4.69) is 0 Å². The van der Waals surface area contributed by atoms with E-state index in [4.69, 9.17) is 16.7 Å². The molecule has 5 nitrogen and oxygen atoms in total. The van der Waals surface area contributed by atoms with Crippen LogP contribution in [0.15, 0.2) is 77.7 Å². The maximum absolute atomic E-state index is 13.4. The number of halogens is 2. The zero-order valence-electron chi connectivity index (χ0n) is 15.4. The zero-order valence-corrected chi connectivity index (χ0v) is 17.0. The summed E-state index contributed by atoms with van der Waals surface area (Å²) in [4.78, 5) is 11.0. The topological polar surface area (TPSA) is 76.4 Å². The molecule has 0 fully saturated rings. The van der Waals surface area contributed by atoms with Crippen molar-refractivity contribution < 1.29 is 22.7 Å². The predicted octanol–water partition coefficient (Wildman–Crippen LogP) is 4.96. The number of benzene rings is 3. The molecule has 152 valence electrons. The van der Waals surface area contributed by atoms with Crippen LogP contribution in [0, 0.1) is 5.82 Å². The molecule has 8 heteroatoms.